The highest BCUT2D eigenvalue weighted by Crippen LogP contribution is 2.36. The van der Waals surface area contributed by atoms with E-state index in [1.54, 1.807) is 44.7 Å². The SMILES string of the molecule is CC1(C)OCC(C)(C(=O)Nc2ccc(Sc3cccc(OCc4ccccc4)c3)cc2)N1C(=O)O. The van der Waals surface area contributed by atoms with E-state index in [4.69, 9.17) is 9.47 Å². The van der Waals surface area contributed by atoms with Crippen molar-refractivity contribution in [2.75, 3.05) is 11.9 Å². The highest BCUT2D eigenvalue weighted by Gasteiger charge is 2.56. The standard InChI is InChI=1S/C27H28N2O5S/c1-26(2)29(25(31)32)27(3,18-34-26)24(30)28-20-12-14-22(15-13-20)35-23-11-7-10-21(16-23)33-17-19-8-5-4-6-9-19/h4-16H,17-18H2,1-3H3,(H,28,30)(H,31,32). The van der Waals surface area contributed by atoms with Crippen molar-refractivity contribution in [2.24, 2.45) is 0 Å². The van der Waals surface area contributed by atoms with Gasteiger partial charge in [-0.2, -0.15) is 0 Å². The Hall–Kier alpha value is -3.49. The quantitative estimate of drug-likeness (QED) is 0.430. The molecule has 35 heavy (non-hydrogen) atoms. The molecule has 7 nitrogen and oxygen atoms in total. The van der Waals surface area contributed by atoms with E-state index in [1.807, 2.05) is 66.7 Å². The van der Waals surface area contributed by atoms with Gasteiger partial charge in [0, 0.05) is 15.5 Å². The van der Waals surface area contributed by atoms with E-state index in [9.17, 15) is 14.7 Å². The first-order chi connectivity index (χ1) is 16.7. The van der Waals surface area contributed by atoms with Crippen LogP contribution in [0.25, 0.3) is 0 Å². The summed E-state index contributed by atoms with van der Waals surface area (Å²) in [5.74, 6) is 0.356. The lowest BCUT2D eigenvalue weighted by atomic mass is 10.00. The maximum Gasteiger partial charge on any atom is 0.410 e. The first kappa shape index (κ1) is 24.6. The Morgan fingerprint density at radius 1 is 1.00 bits per heavy atom. The zero-order valence-electron chi connectivity index (χ0n) is 19.9. The number of amides is 2. The summed E-state index contributed by atoms with van der Waals surface area (Å²) in [6, 6.07) is 25.3. The number of hydrogen-bond donors (Lipinski definition) is 2. The molecule has 1 unspecified atom stereocenters. The molecular formula is C27H28N2O5S. The zero-order valence-corrected chi connectivity index (χ0v) is 20.7. The van der Waals surface area contributed by atoms with Crippen LogP contribution in [-0.4, -0.2) is 39.9 Å². The molecule has 1 atom stereocenters. The van der Waals surface area contributed by atoms with Gasteiger partial charge in [0.2, 0.25) is 0 Å². The molecule has 1 saturated heterocycles. The van der Waals surface area contributed by atoms with Crippen LogP contribution in [0, 0.1) is 0 Å². The van der Waals surface area contributed by atoms with E-state index in [-0.39, 0.29) is 6.61 Å². The van der Waals surface area contributed by atoms with Crippen molar-refractivity contribution in [2.45, 2.75) is 48.4 Å². The molecule has 0 radical (unpaired) electrons. The van der Waals surface area contributed by atoms with Gasteiger partial charge in [0.15, 0.2) is 0 Å². The van der Waals surface area contributed by atoms with Crippen LogP contribution in [-0.2, 0) is 16.1 Å². The molecule has 3 aromatic carbocycles. The Morgan fingerprint density at radius 2 is 1.71 bits per heavy atom. The average Bonchev–Trinajstić information content (AvgIpc) is 3.10. The molecule has 1 aliphatic heterocycles. The van der Waals surface area contributed by atoms with Gasteiger partial charge in [-0.1, -0.05) is 48.2 Å². The van der Waals surface area contributed by atoms with Crippen LogP contribution in [0.3, 0.4) is 0 Å². The maximum absolute atomic E-state index is 13.0. The van der Waals surface area contributed by atoms with Crippen LogP contribution >= 0.6 is 11.8 Å². The Balaban J connectivity index is 1.38. The van der Waals surface area contributed by atoms with E-state index < -0.39 is 23.3 Å². The lowest BCUT2D eigenvalue weighted by Gasteiger charge is -2.36. The van der Waals surface area contributed by atoms with Crippen molar-refractivity contribution in [1.29, 1.82) is 0 Å². The second-order valence-corrected chi connectivity index (χ2v) is 10.1. The zero-order chi connectivity index (χ0) is 25.1. The van der Waals surface area contributed by atoms with Crippen molar-refractivity contribution >= 4 is 29.4 Å². The summed E-state index contributed by atoms with van der Waals surface area (Å²) in [4.78, 5) is 27.9. The van der Waals surface area contributed by atoms with Gasteiger partial charge in [-0.05, 0) is 68.8 Å². The van der Waals surface area contributed by atoms with Crippen molar-refractivity contribution in [3.63, 3.8) is 0 Å². The Morgan fingerprint density at radius 3 is 2.40 bits per heavy atom. The van der Waals surface area contributed by atoms with Gasteiger partial charge in [0.05, 0.1) is 6.61 Å². The Kier molecular flexibility index (Phi) is 7.05. The minimum Gasteiger partial charge on any atom is -0.489 e. The topological polar surface area (TPSA) is 88.1 Å². The van der Waals surface area contributed by atoms with Crippen molar-refractivity contribution in [3.05, 3.63) is 84.4 Å². The number of anilines is 1. The van der Waals surface area contributed by atoms with Gasteiger partial charge >= 0.3 is 6.09 Å². The molecule has 0 aliphatic carbocycles. The van der Waals surface area contributed by atoms with Crippen LogP contribution in [0.5, 0.6) is 5.75 Å². The number of carboxylic acid groups (broad SMARTS) is 1. The molecule has 2 amide bonds. The molecule has 0 spiro atoms. The molecule has 8 heteroatoms. The predicted octanol–water partition coefficient (Wildman–Crippen LogP) is 5.86. The first-order valence-electron chi connectivity index (χ1n) is 11.2. The minimum atomic E-state index is -1.33. The maximum atomic E-state index is 13.0. The lowest BCUT2D eigenvalue weighted by Crippen LogP contribution is -2.59. The smallest absolute Gasteiger partial charge is 0.410 e. The van der Waals surface area contributed by atoms with Crippen LogP contribution in [0.15, 0.2) is 88.7 Å². The largest absolute Gasteiger partial charge is 0.489 e. The number of nitrogens with one attached hydrogen (secondary N) is 1. The van der Waals surface area contributed by atoms with Gasteiger partial charge in [-0.3, -0.25) is 9.69 Å². The summed E-state index contributed by atoms with van der Waals surface area (Å²) in [7, 11) is 0. The van der Waals surface area contributed by atoms with Gasteiger partial charge in [-0.15, -0.1) is 0 Å². The Labute approximate surface area is 209 Å². The number of carbonyl (C=O) groups excluding carboxylic acids is 1. The fourth-order valence-electron chi connectivity index (χ4n) is 4.03. The van der Waals surface area contributed by atoms with Gasteiger partial charge in [-0.25, -0.2) is 4.79 Å². The van der Waals surface area contributed by atoms with E-state index in [0.717, 1.165) is 26.0 Å². The highest BCUT2D eigenvalue weighted by molar-refractivity contribution is 7.99. The van der Waals surface area contributed by atoms with Gasteiger partial charge in [0.1, 0.15) is 23.6 Å². The van der Waals surface area contributed by atoms with E-state index in [1.165, 1.54) is 0 Å². The number of benzene rings is 3. The summed E-state index contributed by atoms with van der Waals surface area (Å²) in [6.45, 7) is 5.32. The summed E-state index contributed by atoms with van der Waals surface area (Å²) in [6.07, 6.45) is -1.20. The second kappa shape index (κ2) is 10.0. The molecule has 3 aromatic rings. The lowest BCUT2D eigenvalue weighted by molar-refractivity contribution is -0.126. The summed E-state index contributed by atoms with van der Waals surface area (Å²) < 4.78 is 11.5. The molecule has 1 heterocycles. The normalized spacial score (nSPS) is 18.8. The van der Waals surface area contributed by atoms with Crippen molar-refractivity contribution < 1.29 is 24.2 Å². The number of carbonyl (C=O) groups is 2. The highest BCUT2D eigenvalue weighted by atomic mass is 32.2. The van der Waals surface area contributed by atoms with Crippen LogP contribution < -0.4 is 10.1 Å². The Bertz CT molecular complexity index is 1200. The number of hydrogen-bond acceptors (Lipinski definition) is 5. The third-order valence-electron chi connectivity index (χ3n) is 5.82. The number of rotatable bonds is 7. The van der Waals surface area contributed by atoms with E-state index >= 15 is 0 Å². The molecule has 0 saturated carbocycles. The molecule has 182 valence electrons. The number of ether oxygens (including phenoxy) is 2. The van der Waals surface area contributed by atoms with Gasteiger partial charge < -0.3 is 19.9 Å². The second-order valence-electron chi connectivity index (χ2n) is 8.96. The summed E-state index contributed by atoms with van der Waals surface area (Å²) >= 11 is 1.58. The molecule has 1 aliphatic rings. The summed E-state index contributed by atoms with van der Waals surface area (Å²) in [5, 5.41) is 12.5. The third kappa shape index (κ3) is 5.61. The van der Waals surface area contributed by atoms with E-state index in [2.05, 4.69) is 5.32 Å². The van der Waals surface area contributed by atoms with Crippen LogP contribution in [0.2, 0.25) is 0 Å². The monoisotopic (exact) mass is 492 g/mol. The molecule has 4 rings (SSSR count). The summed E-state index contributed by atoms with van der Waals surface area (Å²) in [5.41, 5.74) is -0.729. The van der Waals surface area contributed by atoms with Gasteiger partial charge in [0.25, 0.3) is 5.91 Å². The predicted molar refractivity (Wildman–Crippen MR) is 135 cm³/mol. The molecule has 1 fully saturated rings. The fourth-order valence-corrected chi connectivity index (χ4v) is 4.89. The third-order valence-corrected chi connectivity index (χ3v) is 6.82. The molecule has 0 bridgehead atoms. The fraction of sp³-hybridized carbons (Fsp3) is 0.259. The minimum absolute atomic E-state index is 0.0191. The van der Waals surface area contributed by atoms with E-state index in [0.29, 0.717) is 12.3 Å². The average molecular weight is 493 g/mol. The molecule has 2 N–H and O–H groups in total. The number of nitrogens with zero attached hydrogens (tertiary/aromatic N) is 1. The van der Waals surface area contributed by atoms with Crippen LogP contribution in [0.1, 0.15) is 26.3 Å². The molecule has 0 aromatic heterocycles. The van der Waals surface area contributed by atoms with Crippen molar-refractivity contribution in [1.82, 2.24) is 4.90 Å². The van der Waals surface area contributed by atoms with Crippen LogP contribution in [0.4, 0.5) is 10.5 Å². The van der Waals surface area contributed by atoms with Crippen molar-refractivity contribution in [3.8, 4) is 5.75 Å². The molecular weight excluding hydrogens is 464 g/mol. The first-order valence-corrected chi connectivity index (χ1v) is 12.0.